The van der Waals surface area contributed by atoms with Crippen LogP contribution < -0.4 is 0 Å². The Hall–Kier alpha value is -1.06. The number of hydrogen-bond donors (Lipinski definition) is 0. The van der Waals surface area contributed by atoms with Crippen LogP contribution in [0.2, 0.25) is 0 Å². The van der Waals surface area contributed by atoms with Gasteiger partial charge in [0.15, 0.2) is 0 Å². The van der Waals surface area contributed by atoms with Crippen molar-refractivity contribution in [1.29, 1.82) is 0 Å². The monoisotopic (exact) mass is 282 g/mol. The van der Waals surface area contributed by atoms with Crippen LogP contribution in [0, 0.1) is 5.41 Å². The van der Waals surface area contributed by atoms with Gasteiger partial charge >= 0.3 is 0 Å². The Balaban J connectivity index is 2.46. The summed E-state index contributed by atoms with van der Waals surface area (Å²) in [6, 6.07) is 0. The van der Waals surface area contributed by atoms with Crippen molar-refractivity contribution < 1.29 is 9.59 Å². The molecule has 20 heavy (non-hydrogen) atoms. The van der Waals surface area contributed by atoms with Crippen LogP contribution in [0.5, 0.6) is 0 Å². The van der Waals surface area contributed by atoms with Gasteiger partial charge in [0.1, 0.15) is 0 Å². The second-order valence-electron chi connectivity index (χ2n) is 6.96. The van der Waals surface area contributed by atoms with Crippen molar-refractivity contribution in [2.45, 2.75) is 59.8 Å². The van der Waals surface area contributed by atoms with Crippen molar-refractivity contribution in [2.75, 3.05) is 26.2 Å². The summed E-state index contributed by atoms with van der Waals surface area (Å²) in [5, 5.41) is 0. The van der Waals surface area contributed by atoms with Gasteiger partial charge in [0, 0.05) is 39.0 Å². The van der Waals surface area contributed by atoms with Crippen molar-refractivity contribution in [3.8, 4) is 0 Å². The quantitative estimate of drug-likeness (QED) is 0.795. The first-order chi connectivity index (χ1) is 9.33. The average molecular weight is 282 g/mol. The maximum Gasteiger partial charge on any atom is 0.223 e. The van der Waals surface area contributed by atoms with E-state index in [0.29, 0.717) is 25.9 Å². The number of carbonyl (C=O) groups excluding carboxylic acids is 2. The smallest absolute Gasteiger partial charge is 0.223 e. The predicted molar refractivity (Wildman–Crippen MR) is 81.4 cm³/mol. The SMILES string of the molecule is CCCCC(=O)N1CCCN(C(=O)CC(C)(C)C)CC1. The number of unbranched alkanes of at least 4 members (excludes halogenated alkanes) is 1. The van der Waals surface area contributed by atoms with Gasteiger partial charge in [-0.05, 0) is 18.3 Å². The minimum absolute atomic E-state index is 0.0278. The molecule has 0 spiro atoms. The molecule has 0 radical (unpaired) electrons. The summed E-state index contributed by atoms with van der Waals surface area (Å²) in [7, 11) is 0. The summed E-state index contributed by atoms with van der Waals surface area (Å²) >= 11 is 0. The van der Waals surface area contributed by atoms with Crippen molar-refractivity contribution >= 4 is 11.8 Å². The van der Waals surface area contributed by atoms with Crippen LogP contribution in [0.25, 0.3) is 0 Å². The average Bonchev–Trinajstić information content (AvgIpc) is 2.59. The molecule has 1 rings (SSSR count). The van der Waals surface area contributed by atoms with E-state index < -0.39 is 0 Å². The van der Waals surface area contributed by atoms with Gasteiger partial charge < -0.3 is 9.80 Å². The molecule has 1 aliphatic heterocycles. The van der Waals surface area contributed by atoms with Gasteiger partial charge in [0.2, 0.25) is 11.8 Å². The first-order valence-electron chi connectivity index (χ1n) is 7.89. The standard InChI is InChI=1S/C16H30N2O2/c1-5-6-8-14(19)17-9-7-10-18(12-11-17)15(20)13-16(2,3)4/h5-13H2,1-4H3. The van der Waals surface area contributed by atoms with Crippen LogP contribution in [0.1, 0.15) is 59.8 Å². The van der Waals surface area contributed by atoms with E-state index in [1.165, 1.54) is 0 Å². The van der Waals surface area contributed by atoms with Gasteiger partial charge in [-0.25, -0.2) is 0 Å². The molecule has 4 heteroatoms. The number of amides is 2. The maximum atomic E-state index is 12.2. The van der Waals surface area contributed by atoms with E-state index in [2.05, 4.69) is 27.7 Å². The minimum Gasteiger partial charge on any atom is -0.341 e. The highest BCUT2D eigenvalue weighted by Crippen LogP contribution is 2.20. The van der Waals surface area contributed by atoms with Gasteiger partial charge in [-0.2, -0.15) is 0 Å². The minimum atomic E-state index is 0.0278. The van der Waals surface area contributed by atoms with Gasteiger partial charge in [-0.15, -0.1) is 0 Å². The third-order valence-electron chi connectivity index (χ3n) is 3.63. The summed E-state index contributed by atoms with van der Waals surface area (Å²) < 4.78 is 0. The van der Waals surface area contributed by atoms with Crippen LogP contribution in [0.4, 0.5) is 0 Å². The molecule has 0 aromatic carbocycles. The second-order valence-corrected chi connectivity index (χ2v) is 6.96. The lowest BCUT2D eigenvalue weighted by Crippen LogP contribution is -2.38. The van der Waals surface area contributed by atoms with Gasteiger partial charge in [-0.1, -0.05) is 34.1 Å². The molecular formula is C16H30N2O2. The third kappa shape index (κ3) is 5.93. The first-order valence-corrected chi connectivity index (χ1v) is 7.89. The second kappa shape index (κ2) is 7.65. The molecule has 1 aliphatic rings. The lowest BCUT2D eigenvalue weighted by molar-refractivity contribution is -0.134. The van der Waals surface area contributed by atoms with Crippen LogP contribution in [-0.4, -0.2) is 47.8 Å². The molecule has 0 bridgehead atoms. The lowest BCUT2D eigenvalue weighted by Gasteiger charge is -2.25. The Morgan fingerprint density at radius 1 is 0.950 bits per heavy atom. The van der Waals surface area contributed by atoms with E-state index in [4.69, 9.17) is 0 Å². The highest BCUT2D eigenvalue weighted by molar-refractivity contribution is 5.78. The number of rotatable bonds is 4. The van der Waals surface area contributed by atoms with Crippen molar-refractivity contribution in [3.05, 3.63) is 0 Å². The normalized spacial score (nSPS) is 17.0. The highest BCUT2D eigenvalue weighted by atomic mass is 16.2. The molecule has 0 unspecified atom stereocenters. The van der Waals surface area contributed by atoms with Crippen LogP contribution in [0.3, 0.4) is 0 Å². The Labute approximate surface area is 123 Å². The van der Waals surface area contributed by atoms with Crippen molar-refractivity contribution in [3.63, 3.8) is 0 Å². The lowest BCUT2D eigenvalue weighted by atomic mass is 9.91. The summed E-state index contributed by atoms with van der Waals surface area (Å²) in [4.78, 5) is 28.1. The molecule has 0 aromatic heterocycles. The molecule has 0 N–H and O–H groups in total. The molecular weight excluding hydrogens is 252 g/mol. The molecule has 0 atom stereocenters. The number of carbonyl (C=O) groups is 2. The van der Waals surface area contributed by atoms with E-state index in [-0.39, 0.29) is 17.2 Å². The van der Waals surface area contributed by atoms with Gasteiger partial charge in [0.05, 0.1) is 0 Å². The Bertz CT molecular complexity index is 334. The first kappa shape index (κ1) is 17.0. The number of hydrogen-bond acceptors (Lipinski definition) is 2. The molecule has 0 saturated carbocycles. The molecule has 116 valence electrons. The fourth-order valence-electron chi connectivity index (χ4n) is 2.47. The van der Waals surface area contributed by atoms with Crippen molar-refractivity contribution in [2.24, 2.45) is 5.41 Å². The molecule has 4 nitrogen and oxygen atoms in total. The van der Waals surface area contributed by atoms with Crippen molar-refractivity contribution in [1.82, 2.24) is 9.80 Å². The zero-order valence-electron chi connectivity index (χ0n) is 13.6. The number of nitrogens with zero attached hydrogens (tertiary/aromatic N) is 2. The van der Waals surface area contributed by atoms with Crippen LogP contribution in [0.15, 0.2) is 0 Å². The predicted octanol–water partition coefficient (Wildman–Crippen LogP) is 2.67. The fourth-order valence-corrected chi connectivity index (χ4v) is 2.47. The Morgan fingerprint density at radius 2 is 1.50 bits per heavy atom. The summed E-state index contributed by atoms with van der Waals surface area (Å²) in [6.45, 7) is 11.3. The Morgan fingerprint density at radius 3 is 2.00 bits per heavy atom. The van der Waals surface area contributed by atoms with Gasteiger partial charge in [-0.3, -0.25) is 9.59 Å². The van der Waals surface area contributed by atoms with E-state index >= 15 is 0 Å². The molecule has 1 saturated heterocycles. The van der Waals surface area contributed by atoms with E-state index in [1.54, 1.807) is 0 Å². The van der Waals surface area contributed by atoms with E-state index in [0.717, 1.165) is 32.4 Å². The maximum absolute atomic E-state index is 12.2. The zero-order valence-corrected chi connectivity index (χ0v) is 13.6. The molecule has 0 aromatic rings. The molecule has 1 fully saturated rings. The molecule has 2 amide bonds. The summed E-state index contributed by atoms with van der Waals surface area (Å²) in [6.07, 6.45) is 4.13. The molecule has 1 heterocycles. The molecule has 0 aliphatic carbocycles. The van der Waals surface area contributed by atoms with Crippen LogP contribution in [-0.2, 0) is 9.59 Å². The third-order valence-corrected chi connectivity index (χ3v) is 3.63. The van der Waals surface area contributed by atoms with E-state index in [9.17, 15) is 9.59 Å². The zero-order chi connectivity index (χ0) is 15.2. The van der Waals surface area contributed by atoms with Gasteiger partial charge in [0.25, 0.3) is 0 Å². The van der Waals surface area contributed by atoms with E-state index in [1.807, 2.05) is 9.80 Å². The van der Waals surface area contributed by atoms with Crippen LogP contribution >= 0.6 is 0 Å². The summed E-state index contributed by atoms with van der Waals surface area (Å²) in [5.41, 5.74) is 0.0278. The fraction of sp³-hybridized carbons (Fsp3) is 0.875. The Kier molecular flexibility index (Phi) is 6.50. The topological polar surface area (TPSA) is 40.6 Å². The highest BCUT2D eigenvalue weighted by Gasteiger charge is 2.24. The summed E-state index contributed by atoms with van der Waals surface area (Å²) in [5.74, 6) is 0.470. The largest absolute Gasteiger partial charge is 0.341 e.